The van der Waals surface area contributed by atoms with Crippen molar-refractivity contribution < 1.29 is 19.2 Å². The number of aromatic nitrogens is 5. The molecule has 3 heterocycles. The Morgan fingerprint density at radius 2 is 1.54 bits per heavy atom. The summed E-state index contributed by atoms with van der Waals surface area (Å²) >= 11 is 0. The Kier molecular flexibility index (Phi) is 8.28. The number of nitrogens with zero attached hydrogens (tertiary/aromatic N) is 2. The van der Waals surface area contributed by atoms with Gasteiger partial charge in [0.25, 0.3) is 5.91 Å². The highest BCUT2D eigenvalue weighted by atomic mass is 16.6. The fourth-order valence-corrected chi connectivity index (χ4v) is 4.00. The summed E-state index contributed by atoms with van der Waals surface area (Å²) < 4.78 is 0. The van der Waals surface area contributed by atoms with E-state index in [1.807, 2.05) is 24.3 Å². The van der Waals surface area contributed by atoms with E-state index in [1.165, 1.54) is 19.8 Å². The predicted octanol–water partition coefficient (Wildman–Crippen LogP) is -0.383. The minimum atomic E-state index is -1.01. The molecule has 194 valence electrons. The Hall–Kier alpha value is -4.49. The van der Waals surface area contributed by atoms with Crippen molar-refractivity contribution in [2.45, 2.75) is 37.4 Å². The highest BCUT2D eigenvalue weighted by molar-refractivity contribution is 5.94. The molecule has 4 rings (SSSR count). The van der Waals surface area contributed by atoms with Gasteiger partial charge in [-0.15, -0.1) is 0 Å². The molecule has 0 aliphatic carbocycles. The molecule has 0 radical (unpaired) electrons. The van der Waals surface area contributed by atoms with Crippen LogP contribution in [0.4, 0.5) is 0 Å². The molecule has 1 aromatic carbocycles. The second kappa shape index (κ2) is 12.0. The number of fused-ring (bicyclic) bond motifs is 1. The molecule has 37 heavy (non-hydrogen) atoms. The number of hydroxylamine groups is 1. The van der Waals surface area contributed by atoms with Crippen molar-refractivity contribution >= 4 is 28.6 Å². The van der Waals surface area contributed by atoms with Gasteiger partial charge in [0.1, 0.15) is 12.1 Å². The Balaban J connectivity index is 1.54. The summed E-state index contributed by atoms with van der Waals surface area (Å²) in [5.41, 5.74) is 11.4. The molecule has 0 saturated carbocycles. The van der Waals surface area contributed by atoms with E-state index in [2.05, 4.69) is 41.0 Å². The number of carbonyl (C=O) groups is 3. The largest absolute Gasteiger partial charge is 0.361 e. The first-order chi connectivity index (χ1) is 17.9. The average Bonchev–Trinajstić information content (AvgIpc) is 3.66. The number of benzene rings is 1. The van der Waals surface area contributed by atoms with Crippen LogP contribution in [0, 0.1) is 0 Å². The SMILES string of the molecule is CONC(=O)[C@H](Cc1cnc[nH]1)NC(=O)[C@H](Cc1c[nH]c2ccccc12)NC(=O)[C@@H](N)Cc1cnc[nH]1. The first-order valence-electron chi connectivity index (χ1n) is 11.6. The quantitative estimate of drug-likeness (QED) is 0.127. The summed E-state index contributed by atoms with van der Waals surface area (Å²) in [5.74, 6) is -1.62. The van der Waals surface area contributed by atoms with Crippen LogP contribution in [-0.2, 0) is 38.5 Å². The molecule has 0 unspecified atom stereocenters. The summed E-state index contributed by atoms with van der Waals surface area (Å²) in [4.78, 5) is 60.7. The van der Waals surface area contributed by atoms with Crippen LogP contribution in [0.25, 0.3) is 10.9 Å². The van der Waals surface area contributed by atoms with Gasteiger partial charge in [0, 0.05) is 60.1 Å². The van der Waals surface area contributed by atoms with Gasteiger partial charge < -0.3 is 31.3 Å². The van der Waals surface area contributed by atoms with Crippen molar-refractivity contribution in [1.82, 2.24) is 41.0 Å². The standard InChI is InChI=1S/C24H29N9O4/c1-37-33-24(36)21(8-16-11-27-13-30-16)32-23(35)20(6-14-9-28-19-5-3-2-4-17(14)19)31-22(34)18(25)7-15-10-26-12-29-15/h2-5,9-13,18,20-21,28H,6-8,25H2,1H3,(H,26,29)(H,27,30)(H,31,34)(H,32,35)(H,33,36)/t18-,20-,21-/m0/s1. The van der Waals surface area contributed by atoms with Crippen molar-refractivity contribution in [2.24, 2.45) is 5.73 Å². The number of hydrogen-bond acceptors (Lipinski definition) is 7. The lowest BCUT2D eigenvalue weighted by Gasteiger charge is -2.24. The van der Waals surface area contributed by atoms with Crippen molar-refractivity contribution in [3.63, 3.8) is 0 Å². The van der Waals surface area contributed by atoms with Gasteiger partial charge in [0.15, 0.2) is 0 Å². The monoisotopic (exact) mass is 507 g/mol. The maximum absolute atomic E-state index is 13.5. The van der Waals surface area contributed by atoms with Crippen LogP contribution in [0.3, 0.4) is 0 Å². The zero-order chi connectivity index (χ0) is 26.2. The van der Waals surface area contributed by atoms with Gasteiger partial charge in [-0.25, -0.2) is 15.4 Å². The number of hydrogen-bond donors (Lipinski definition) is 7. The topological polar surface area (TPSA) is 196 Å². The van der Waals surface area contributed by atoms with Gasteiger partial charge in [-0.05, 0) is 11.6 Å². The van der Waals surface area contributed by atoms with E-state index < -0.39 is 35.8 Å². The van der Waals surface area contributed by atoms with E-state index in [9.17, 15) is 14.4 Å². The number of H-pyrrole nitrogens is 3. The molecule has 0 aliphatic rings. The lowest BCUT2D eigenvalue weighted by molar-refractivity contribution is -0.137. The molecular weight excluding hydrogens is 478 g/mol. The molecule has 0 aliphatic heterocycles. The predicted molar refractivity (Wildman–Crippen MR) is 134 cm³/mol. The Morgan fingerprint density at radius 1 is 0.892 bits per heavy atom. The van der Waals surface area contributed by atoms with Crippen LogP contribution in [-0.4, -0.2) is 67.9 Å². The summed E-state index contributed by atoms with van der Waals surface area (Å²) in [7, 11) is 1.30. The van der Waals surface area contributed by atoms with Crippen molar-refractivity contribution in [1.29, 1.82) is 0 Å². The van der Waals surface area contributed by atoms with Crippen LogP contribution in [0.5, 0.6) is 0 Å². The van der Waals surface area contributed by atoms with Crippen molar-refractivity contribution in [3.8, 4) is 0 Å². The molecule has 3 amide bonds. The third-order valence-corrected chi connectivity index (χ3v) is 5.88. The second-order valence-electron chi connectivity index (χ2n) is 8.52. The third-order valence-electron chi connectivity index (χ3n) is 5.88. The van der Waals surface area contributed by atoms with Gasteiger partial charge in [0.05, 0.1) is 25.8 Å². The third kappa shape index (κ3) is 6.59. The van der Waals surface area contributed by atoms with Gasteiger partial charge in [-0.2, -0.15) is 0 Å². The number of rotatable bonds is 12. The van der Waals surface area contributed by atoms with Gasteiger partial charge >= 0.3 is 0 Å². The van der Waals surface area contributed by atoms with Crippen LogP contribution in [0.15, 0.2) is 55.5 Å². The Morgan fingerprint density at radius 3 is 2.22 bits per heavy atom. The minimum absolute atomic E-state index is 0.133. The fraction of sp³-hybridized carbons (Fsp3) is 0.292. The number of nitrogens with one attached hydrogen (secondary N) is 6. The van der Waals surface area contributed by atoms with Crippen molar-refractivity contribution in [3.05, 3.63) is 72.5 Å². The number of para-hydroxylation sites is 1. The van der Waals surface area contributed by atoms with Gasteiger partial charge in [-0.3, -0.25) is 19.2 Å². The van der Waals surface area contributed by atoms with Crippen LogP contribution < -0.4 is 21.8 Å². The molecule has 13 heteroatoms. The van der Waals surface area contributed by atoms with E-state index in [1.54, 1.807) is 18.6 Å². The van der Waals surface area contributed by atoms with E-state index >= 15 is 0 Å². The average molecular weight is 508 g/mol. The summed E-state index contributed by atoms with van der Waals surface area (Å²) in [5, 5.41) is 6.41. The maximum Gasteiger partial charge on any atom is 0.266 e. The Labute approximate surface area is 211 Å². The molecule has 0 bridgehead atoms. The number of nitrogens with two attached hydrogens (primary N) is 1. The van der Waals surface area contributed by atoms with E-state index in [0.717, 1.165) is 16.5 Å². The first-order valence-corrected chi connectivity index (χ1v) is 11.6. The zero-order valence-electron chi connectivity index (χ0n) is 20.2. The van der Waals surface area contributed by atoms with E-state index in [-0.39, 0.29) is 19.3 Å². The zero-order valence-corrected chi connectivity index (χ0v) is 20.2. The number of aromatic amines is 3. The van der Waals surface area contributed by atoms with Gasteiger partial charge in [0.2, 0.25) is 11.8 Å². The maximum atomic E-state index is 13.5. The molecule has 0 spiro atoms. The number of carbonyl (C=O) groups excluding carboxylic acids is 3. The highest BCUT2D eigenvalue weighted by Crippen LogP contribution is 2.19. The molecule has 13 nitrogen and oxygen atoms in total. The highest BCUT2D eigenvalue weighted by Gasteiger charge is 2.29. The van der Waals surface area contributed by atoms with E-state index in [0.29, 0.717) is 11.4 Å². The first kappa shape index (κ1) is 25.6. The number of amides is 3. The summed E-state index contributed by atoms with van der Waals surface area (Å²) in [6, 6.07) is 4.71. The Bertz CT molecular complexity index is 1320. The van der Waals surface area contributed by atoms with Crippen LogP contribution >= 0.6 is 0 Å². The van der Waals surface area contributed by atoms with Crippen LogP contribution in [0.2, 0.25) is 0 Å². The molecule has 3 atom stereocenters. The van der Waals surface area contributed by atoms with Gasteiger partial charge in [-0.1, -0.05) is 18.2 Å². The molecule has 0 fully saturated rings. The number of imidazole rings is 2. The van der Waals surface area contributed by atoms with E-state index in [4.69, 9.17) is 10.6 Å². The smallest absolute Gasteiger partial charge is 0.266 e. The normalized spacial score (nSPS) is 13.6. The molecular formula is C24H29N9O4. The fourth-order valence-electron chi connectivity index (χ4n) is 4.00. The van der Waals surface area contributed by atoms with Crippen molar-refractivity contribution in [2.75, 3.05) is 7.11 Å². The second-order valence-corrected chi connectivity index (χ2v) is 8.52. The lowest BCUT2D eigenvalue weighted by atomic mass is 10.0. The van der Waals surface area contributed by atoms with Crippen LogP contribution in [0.1, 0.15) is 17.0 Å². The minimum Gasteiger partial charge on any atom is -0.361 e. The summed E-state index contributed by atoms with van der Waals surface area (Å²) in [6.45, 7) is 0. The molecule has 4 aromatic rings. The summed E-state index contributed by atoms with van der Waals surface area (Å²) in [6.07, 6.45) is 8.42. The molecule has 3 aromatic heterocycles. The molecule has 0 saturated heterocycles. The lowest BCUT2D eigenvalue weighted by Crippen LogP contribution is -2.57. The molecule has 8 N–H and O–H groups in total.